The van der Waals surface area contributed by atoms with Crippen molar-refractivity contribution in [3.8, 4) is 17.6 Å². The number of rotatable bonds is 6. The first kappa shape index (κ1) is 22.2. The molecule has 1 amide bonds. The lowest BCUT2D eigenvalue weighted by Gasteiger charge is -2.10. The van der Waals surface area contributed by atoms with E-state index >= 15 is 0 Å². The van der Waals surface area contributed by atoms with E-state index < -0.39 is 39.6 Å². The Hall–Kier alpha value is -4.07. The van der Waals surface area contributed by atoms with Crippen molar-refractivity contribution in [2.24, 2.45) is 0 Å². The number of nitrogens with zero attached hydrogens (tertiary/aromatic N) is 2. The zero-order valence-electron chi connectivity index (χ0n) is 15.4. The van der Waals surface area contributed by atoms with Crippen LogP contribution in [0.25, 0.3) is 6.08 Å². The van der Waals surface area contributed by atoms with Crippen LogP contribution in [0.15, 0.2) is 42.0 Å². The second-order valence-corrected chi connectivity index (χ2v) is 5.77. The number of phenols is 1. The normalized spacial score (nSPS) is 11.5. The number of nitro benzene ring substituents is 1. The van der Waals surface area contributed by atoms with Crippen LogP contribution in [-0.2, 0) is 11.0 Å². The summed E-state index contributed by atoms with van der Waals surface area (Å²) in [5.41, 5.74) is -2.53. The van der Waals surface area contributed by atoms with Crippen LogP contribution in [0.1, 0.15) is 18.1 Å². The van der Waals surface area contributed by atoms with Gasteiger partial charge in [-0.25, -0.2) is 0 Å². The third kappa shape index (κ3) is 5.26. The van der Waals surface area contributed by atoms with E-state index in [1.165, 1.54) is 6.07 Å². The van der Waals surface area contributed by atoms with E-state index in [1.54, 1.807) is 13.0 Å². The molecule has 0 atom stereocenters. The van der Waals surface area contributed by atoms with Crippen molar-refractivity contribution < 1.29 is 32.7 Å². The topological polar surface area (TPSA) is 125 Å². The highest BCUT2D eigenvalue weighted by molar-refractivity contribution is 6.10. The molecule has 30 heavy (non-hydrogen) atoms. The number of non-ortho nitro benzene ring substituents is 1. The van der Waals surface area contributed by atoms with E-state index in [1.807, 2.05) is 0 Å². The van der Waals surface area contributed by atoms with Gasteiger partial charge in [0.05, 0.1) is 23.2 Å². The van der Waals surface area contributed by atoms with Gasteiger partial charge in [-0.2, -0.15) is 18.4 Å². The summed E-state index contributed by atoms with van der Waals surface area (Å²) in [6.45, 7) is 1.66. The molecule has 0 spiro atoms. The van der Waals surface area contributed by atoms with Gasteiger partial charge in [-0.05, 0) is 31.2 Å². The van der Waals surface area contributed by atoms with Gasteiger partial charge in [0, 0.05) is 17.3 Å². The van der Waals surface area contributed by atoms with Crippen LogP contribution in [0.2, 0.25) is 0 Å². The molecular weight excluding hydrogens is 407 g/mol. The highest BCUT2D eigenvalue weighted by atomic mass is 19.4. The first-order chi connectivity index (χ1) is 14.1. The highest BCUT2D eigenvalue weighted by Crippen LogP contribution is 2.36. The molecule has 0 fully saturated rings. The van der Waals surface area contributed by atoms with Crippen molar-refractivity contribution in [3.05, 3.63) is 63.2 Å². The summed E-state index contributed by atoms with van der Waals surface area (Å²) >= 11 is 0. The molecule has 2 aromatic rings. The maximum absolute atomic E-state index is 12.8. The minimum absolute atomic E-state index is 0.0824. The first-order valence-corrected chi connectivity index (χ1v) is 8.31. The minimum Gasteiger partial charge on any atom is -0.504 e. The van der Waals surface area contributed by atoms with Gasteiger partial charge in [-0.3, -0.25) is 14.9 Å². The Balaban J connectivity index is 2.41. The molecule has 0 aliphatic rings. The third-order valence-electron chi connectivity index (χ3n) is 3.71. The predicted molar refractivity (Wildman–Crippen MR) is 99.6 cm³/mol. The van der Waals surface area contributed by atoms with Crippen LogP contribution < -0.4 is 10.1 Å². The summed E-state index contributed by atoms with van der Waals surface area (Å²) in [6, 6.07) is 7.22. The Bertz CT molecular complexity index is 1060. The molecule has 0 unspecified atom stereocenters. The fraction of sp³-hybridized carbons (Fsp3) is 0.158. The Kier molecular flexibility index (Phi) is 6.63. The van der Waals surface area contributed by atoms with E-state index in [9.17, 15) is 38.4 Å². The van der Waals surface area contributed by atoms with Crippen molar-refractivity contribution >= 4 is 23.4 Å². The van der Waals surface area contributed by atoms with Gasteiger partial charge in [0.15, 0.2) is 11.5 Å². The lowest BCUT2D eigenvalue weighted by atomic mass is 10.1. The number of ether oxygens (including phenoxy) is 1. The van der Waals surface area contributed by atoms with Gasteiger partial charge in [0.25, 0.3) is 11.6 Å². The SMILES string of the molecule is CCOc1cc([N+](=O)[O-])cc(/C=C(/C#N)C(=O)Nc2cccc(C(F)(F)F)c2)c1O. The smallest absolute Gasteiger partial charge is 0.416 e. The maximum Gasteiger partial charge on any atom is 0.416 e. The molecule has 156 valence electrons. The van der Waals surface area contributed by atoms with Crippen molar-refractivity contribution in [1.82, 2.24) is 0 Å². The van der Waals surface area contributed by atoms with Crippen molar-refractivity contribution in [2.75, 3.05) is 11.9 Å². The van der Waals surface area contributed by atoms with Crippen LogP contribution in [0, 0.1) is 21.4 Å². The predicted octanol–water partition coefficient (Wildman–Crippen LogP) is 4.26. The number of alkyl halides is 3. The molecule has 0 aromatic heterocycles. The summed E-state index contributed by atoms with van der Waals surface area (Å²) in [5.74, 6) is -1.84. The standard InChI is InChI=1S/C19H14F3N3O5/c1-2-30-16-9-15(25(28)29)7-11(17(16)26)6-12(10-23)18(27)24-14-5-3-4-13(8-14)19(20,21)22/h3-9,26H,2H2,1H3,(H,24,27)/b12-6-. The number of carbonyl (C=O) groups is 1. The van der Waals surface area contributed by atoms with Gasteiger partial charge >= 0.3 is 6.18 Å². The van der Waals surface area contributed by atoms with Crippen LogP contribution in [0.3, 0.4) is 0 Å². The summed E-state index contributed by atoms with van der Waals surface area (Å²) < 4.78 is 43.5. The fourth-order valence-electron chi connectivity index (χ4n) is 2.37. The highest BCUT2D eigenvalue weighted by Gasteiger charge is 2.30. The molecule has 0 radical (unpaired) electrons. The van der Waals surface area contributed by atoms with Crippen LogP contribution in [-0.4, -0.2) is 22.5 Å². The molecule has 8 nitrogen and oxygen atoms in total. The molecule has 2 rings (SSSR count). The quantitative estimate of drug-likeness (QED) is 0.311. The molecule has 11 heteroatoms. The van der Waals surface area contributed by atoms with Crippen LogP contribution in [0.5, 0.6) is 11.5 Å². The largest absolute Gasteiger partial charge is 0.504 e. The van der Waals surface area contributed by atoms with E-state index in [0.29, 0.717) is 6.07 Å². The first-order valence-electron chi connectivity index (χ1n) is 8.31. The van der Waals surface area contributed by atoms with E-state index in [-0.39, 0.29) is 23.6 Å². The average molecular weight is 421 g/mol. The number of nitro groups is 1. The molecule has 0 aliphatic heterocycles. The van der Waals surface area contributed by atoms with Crippen molar-refractivity contribution in [2.45, 2.75) is 13.1 Å². The molecular formula is C19H14F3N3O5. The number of hydrogen-bond donors (Lipinski definition) is 2. The number of nitrogens with one attached hydrogen (secondary N) is 1. The monoisotopic (exact) mass is 421 g/mol. The fourth-order valence-corrected chi connectivity index (χ4v) is 2.37. The molecule has 0 aliphatic carbocycles. The van der Waals surface area contributed by atoms with Crippen LogP contribution in [0.4, 0.5) is 24.5 Å². The molecule has 0 heterocycles. The van der Waals surface area contributed by atoms with Gasteiger partial charge < -0.3 is 15.2 Å². The number of aromatic hydroxyl groups is 1. The summed E-state index contributed by atoms with van der Waals surface area (Å²) in [7, 11) is 0. The maximum atomic E-state index is 12.8. The second kappa shape index (κ2) is 8.95. The number of phenolic OH excluding ortho intramolecular Hbond substituents is 1. The number of benzene rings is 2. The summed E-state index contributed by atoms with van der Waals surface area (Å²) in [5, 5.41) is 32.7. The minimum atomic E-state index is -4.63. The zero-order valence-corrected chi connectivity index (χ0v) is 15.4. The van der Waals surface area contributed by atoms with Gasteiger partial charge in [-0.1, -0.05) is 6.07 Å². The Labute approximate surface area is 168 Å². The molecule has 2 aromatic carbocycles. The lowest BCUT2D eigenvalue weighted by Crippen LogP contribution is -2.14. The van der Waals surface area contributed by atoms with Gasteiger partial charge in [0.2, 0.25) is 0 Å². The van der Waals surface area contributed by atoms with Crippen molar-refractivity contribution in [3.63, 3.8) is 0 Å². The van der Waals surface area contributed by atoms with Crippen molar-refractivity contribution in [1.29, 1.82) is 5.26 Å². The molecule has 2 N–H and O–H groups in total. The number of anilines is 1. The second-order valence-electron chi connectivity index (χ2n) is 5.77. The van der Waals surface area contributed by atoms with Gasteiger partial charge in [-0.15, -0.1) is 0 Å². The van der Waals surface area contributed by atoms with E-state index in [0.717, 1.165) is 30.3 Å². The molecule has 0 saturated carbocycles. The zero-order chi connectivity index (χ0) is 22.5. The lowest BCUT2D eigenvalue weighted by molar-refractivity contribution is -0.385. The molecule has 0 saturated heterocycles. The Morgan fingerprint density at radius 3 is 2.63 bits per heavy atom. The Morgan fingerprint density at radius 1 is 1.37 bits per heavy atom. The van der Waals surface area contributed by atoms with E-state index in [4.69, 9.17) is 4.74 Å². The summed E-state index contributed by atoms with van der Waals surface area (Å²) in [6.07, 6.45) is -3.76. The Morgan fingerprint density at radius 2 is 2.07 bits per heavy atom. The van der Waals surface area contributed by atoms with Crippen LogP contribution >= 0.6 is 0 Å². The number of amides is 1. The number of hydrogen-bond acceptors (Lipinski definition) is 6. The molecule has 0 bridgehead atoms. The number of halogens is 3. The number of nitriles is 1. The third-order valence-corrected chi connectivity index (χ3v) is 3.71. The summed E-state index contributed by atoms with van der Waals surface area (Å²) in [4.78, 5) is 22.6. The average Bonchev–Trinajstić information content (AvgIpc) is 2.68. The van der Waals surface area contributed by atoms with Gasteiger partial charge in [0.1, 0.15) is 11.6 Å². The van der Waals surface area contributed by atoms with E-state index in [2.05, 4.69) is 5.32 Å². The number of carbonyl (C=O) groups excluding carboxylic acids is 1.